The van der Waals surface area contributed by atoms with Crippen molar-refractivity contribution >= 4 is 27.7 Å². The van der Waals surface area contributed by atoms with Crippen LogP contribution in [0.25, 0.3) is 6.08 Å². The van der Waals surface area contributed by atoms with Crippen LogP contribution in [-0.2, 0) is 21.4 Å². The molecule has 3 rings (SSSR count). The molecule has 0 bridgehead atoms. The monoisotopic (exact) mass is 477 g/mol. The molecule has 3 aromatic carbocycles. The Labute approximate surface area is 198 Å². The first kappa shape index (κ1) is 24.5. The van der Waals surface area contributed by atoms with Crippen molar-refractivity contribution in [3.63, 3.8) is 0 Å². The molecule has 0 unspecified atom stereocenters. The van der Waals surface area contributed by atoms with Crippen LogP contribution < -0.4 is 19.5 Å². The van der Waals surface area contributed by atoms with Crippen molar-refractivity contribution in [2.45, 2.75) is 11.5 Å². The van der Waals surface area contributed by atoms with E-state index in [2.05, 4.69) is 16.1 Å². The minimum absolute atomic E-state index is 0.0229. The van der Waals surface area contributed by atoms with Crippen molar-refractivity contribution < 1.29 is 22.7 Å². The van der Waals surface area contributed by atoms with Crippen molar-refractivity contribution in [2.75, 3.05) is 19.5 Å². The van der Waals surface area contributed by atoms with E-state index in [0.717, 1.165) is 5.56 Å². The van der Waals surface area contributed by atoms with Gasteiger partial charge in [-0.15, -0.1) is 0 Å². The second-order valence-electron chi connectivity index (χ2n) is 7.07. The zero-order chi connectivity index (χ0) is 24.6. The molecule has 34 heavy (non-hydrogen) atoms. The minimum atomic E-state index is -3.72. The first-order chi connectivity index (χ1) is 16.3. The average Bonchev–Trinajstić information content (AvgIpc) is 2.86. The van der Waals surface area contributed by atoms with Gasteiger partial charge in [-0.05, 0) is 60.6 Å². The van der Waals surface area contributed by atoms with Crippen LogP contribution in [0.2, 0.25) is 0 Å². The fourth-order valence-corrected chi connectivity index (χ4v) is 3.96. The Morgan fingerprint density at radius 2 is 1.88 bits per heavy atom. The van der Waals surface area contributed by atoms with Crippen molar-refractivity contribution in [3.05, 3.63) is 89.5 Å². The zero-order valence-corrected chi connectivity index (χ0v) is 19.4. The second-order valence-corrected chi connectivity index (χ2v) is 8.92. The predicted octanol–water partition coefficient (Wildman–Crippen LogP) is 3.71. The Morgan fingerprint density at radius 3 is 2.62 bits per heavy atom. The van der Waals surface area contributed by atoms with Crippen LogP contribution in [0.3, 0.4) is 0 Å². The van der Waals surface area contributed by atoms with Crippen LogP contribution in [0.5, 0.6) is 11.5 Å². The number of sulfonamides is 1. The highest BCUT2D eigenvalue weighted by atomic mass is 32.2. The van der Waals surface area contributed by atoms with E-state index in [-0.39, 0.29) is 17.3 Å². The molecule has 9 heteroatoms. The fraction of sp³-hybridized carbons (Fsp3) is 0.120. The summed E-state index contributed by atoms with van der Waals surface area (Å²) in [5, 5.41) is 11.7. The number of nitrogens with zero attached hydrogens (tertiary/aromatic N) is 1. The van der Waals surface area contributed by atoms with E-state index < -0.39 is 15.9 Å². The van der Waals surface area contributed by atoms with Crippen molar-refractivity contribution in [1.29, 1.82) is 5.26 Å². The van der Waals surface area contributed by atoms with Gasteiger partial charge in [0.1, 0.15) is 23.0 Å². The number of methoxy groups -OCH3 is 1. The molecule has 174 valence electrons. The van der Waals surface area contributed by atoms with Gasteiger partial charge in [-0.25, -0.2) is 13.1 Å². The number of hydrogen-bond acceptors (Lipinski definition) is 6. The Bertz CT molecular complexity index is 1360. The molecule has 0 spiro atoms. The standard InChI is InChI=1S/C25H23N3O5S/c1-27-34(30,31)24-14-18(9-11-23(24)32-2)10-12-25(29)28-21-7-4-8-22(15-21)33-17-20-6-3-5-19(13-20)16-26/h3-15,27H,17H2,1-2H3,(H,28,29)/b12-10+. The van der Waals surface area contributed by atoms with Gasteiger partial charge in [0.05, 0.1) is 18.7 Å². The van der Waals surface area contributed by atoms with Crippen LogP contribution in [0.4, 0.5) is 5.69 Å². The second kappa shape index (κ2) is 11.1. The molecule has 0 saturated heterocycles. The quantitative estimate of drug-likeness (QED) is 0.454. The van der Waals surface area contributed by atoms with Crippen molar-refractivity contribution in [2.24, 2.45) is 0 Å². The molecular weight excluding hydrogens is 454 g/mol. The van der Waals surface area contributed by atoms with E-state index >= 15 is 0 Å². The first-order valence-corrected chi connectivity index (χ1v) is 11.7. The highest BCUT2D eigenvalue weighted by molar-refractivity contribution is 7.89. The van der Waals surface area contributed by atoms with Gasteiger partial charge < -0.3 is 14.8 Å². The third-order valence-corrected chi connectivity index (χ3v) is 6.17. The van der Waals surface area contributed by atoms with Gasteiger partial charge in [0.2, 0.25) is 15.9 Å². The predicted molar refractivity (Wildman–Crippen MR) is 129 cm³/mol. The lowest BCUT2D eigenvalue weighted by Crippen LogP contribution is -2.19. The van der Waals surface area contributed by atoms with Gasteiger partial charge in [0, 0.05) is 17.8 Å². The highest BCUT2D eigenvalue weighted by Crippen LogP contribution is 2.25. The van der Waals surface area contributed by atoms with E-state index in [1.54, 1.807) is 48.5 Å². The number of amides is 1. The summed E-state index contributed by atoms with van der Waals surface area (Å²) in [6.07, 6.45) is 2.81. The number of carbonyl (C=O) groups is 1. The number of anilines is 1. The number of hydrogen-bond donors (Lipinski definition) is 2. The Balaban J connectivity index is 1.66. The van der Waals surface area contributed by atoms with E-state index in [4.69, 9.17) is 14.7 Å². The molecule has 0 radical (unpaired) electrons. The van der Waals surface area contributed by atoms with Gasteiger partial charge >= 0.3 is 0 Å². The SMILES string of the molecule is CNS(=O)(=O)c1cc(/C=C/C(=O)Nc2cccc(OCc3cccc(C#N)c3)c2)ccc1OC. The van der Waals surface area contributed by atoms with Crippen LogP contribution >= 0.6 is 0 Å². The number of rotatable bonds is 9. The Kier molecular flexibility index (Phi) is 8.03. The molecule has 0 atom stereocenters. The highest BCUT2D eigenvalue weighted by Gasteiger charge is 2.17. The molecule has 0 fully saturated rings. The Morgan fingerprint density at radius 1 is 1.09 bits per heavy atom. The molecule has 0 heterocycles. The molecule has 8 nitrogen and oxygen atoms in total. The minimum Gasteiger partial charge on any atom is -0.495 e. The molecule has 0 aliphatic heterocycles. The van der Waals surface area contributed by atoms with Gasteiger partial charge in [-0.1, -0.05) is 24.3 Å². The lowest BCUT2D eigenvalue weighted by atomic mass is 10.1. The number of carbonyl (C=O) groups excluding carboxylic acids is 1. The third-order valence-electron chi connectivity index (χ3n) is 4.74. The summed E-state index contributed by atoms with van der Waals surface area (Å²) in [5.74, 6) is 0.362. The van der Waals surface area contributed by atoms with Gasteiger partial charge in [-0.2, -0.15) is 5.26 Å². The van der Waals surface area contributed by atoms with Crippen LogP contribution in [-0.4, -0.2) is 28.5 Å². The van der Waals surface area contributed by atoms with Crippen molar-refractivity contribution in [1.82, 2.24) is 4.72 Å². The maximum atomic E-state index is 12.4. The summed E-state index contributed by atoms with van der Waals surface area (Å²) in [5.41, 5.74) is 2.46. The maximum absolute atomic E-state index is 12.4. The Hall–Kier alpha value is -4.13. The summed E-state index contributed by atoms with van der Waals surface area (Å²) in [6, 6.07) is 20.7. The van der Waals surface area contributed by atoms with Gasteiger partial charge in [-0.3, -0.25) is 4.79 Å². The summed E-state index contributed by atoms with van der Waals surface area (Å²) in [7, 11) is -1.03. The number of nitriles is 1. The molecule has 2 N–H and O–H groups in total. The van der Waals surface area contributed by atoms with Gasteiger partial charge in [0.25, 0.3) is 0 Å². The maximum Gasteiger partial charge on any atom is 0.248 e. The van der Waals surface area contributed by atoms with E-state index in [1.807, 2.05) is 6.07 Å². The summed E-state index contributed by atoms with van der Waals surface area (Å²) >= 11 is 0. The van der Waals surface area contributed by atoms with Crippen LogP contribution in [0.1, 0.15) is 16.7 Å². The lowest BCUT2D eigenvalue weighted by Gasteiger charge is -2.10. The van der Waals surface area contributed by atoms with Crippen molar-refractivity contribution in [3.8, 4) is 17.6 Å². The molecule has 0 aliphatic carbocycles. The smallest absolute Gasteiger partial charge is 0.248 e. The molecule has 1 amide bonds. The normalized spacial score (nSPS) is 11.1. The van der Waals surface area contributed by atoms with E-state index in [0.29, 0.717) is 22.6 Å². The van der Waals surface area contributed by atoms with Crippen LogP contribution in [0, 0.1) is 11.3 Å². The van der Waals surface area contributed by atoms with Crippen LogP contribution in [0.15, 0.2) is 77.7 Å². The lowest BCUT2D eigenvalue weighted by molar-refractivity contribution is -0.111. The number of ether oxygens (including phenoxy) is 2. The molecule has 0 aromatic heterocycles. The molecular formula is C25H23N3O5S. The molecule has 3 aromatic rings. The summed E-state index contributed by atoms with van der Waals surface area (Å²) < 4.78 is 37.5. The van der Waals surface area contributed by atoms with E-state index in [9.17, 15) is 13.2 Å². The summed E-state index contributed by atoms with van der Waals surface area (Å²) in [6.45, 7) is 0.280. The fourth-order valence-electron chi connectivity index (χ4n) is 3.03. The molecule has 0 aliphatic rings. The molecule has 0 saturated carbocycles. The van der Waals surface area contributed by atoms with E-state index in [1.165, 1.54) is 38.4 Å². The largest absolute Gasteiger partial charge is 0.495 e. The summed E-state index contributed by atoms with van der Waals surface area (Å²) in [4.78, 5) is 12.4. The number of nitrogens with one attached hydrogen (secondary N) is 2. The average molecular weight is 478 g/mol. The zero-order valence-electron chi connectivity index (χ0n) is 18.6. The van der Waals surface area contributed by atoms with Gasteiger partial charge in [0.15, 0.2) is 0 Å². The third kappa shape index (κ3) is 6.45. The number of benzene rings is 3. The first-order valence-electron chi connectivity index (χ1n) is 10.2. The topological polar surface area (TPSA) is 118 Å².